The van der Waals surface area contributed by atoms with Gasteiger partial charge in [-0.05, 0) is 42.7 Å². The van der Waals surface area contributed by atoms with E-state index in [1.165, 1.54) is 37.1 Å². The number of carboxylic acids is 1. The lowest BCUT2D eigenvalue weighted by atomic mass is 10.0. The number of aliphatic carboxylic acids is 1. The van der Waals surface area contributed by atoms with E-state index < -0.39 is 28.1 Å². The minimum absolute atomic E-state index is 0.0668. The molecule has 1 atom stereocenters. The van der Waals surface area contributed by atoms with Gasteiger partial charge in [-0.1, -0.05) is 26.0 Å². The van der Waals surface area contributed by atoms with Crippen LogP contribution in [-0.2, 0) is 14.8 Å². The van der Waals surface area contributed by atoms with Gasteiger partial charge in [0.15, 0.2) is 6.10 Å². The van der Waals surface area contributed by atoms with Crippen molar-refractivity contribution < 1.29 is 27.9 Å². The largest absolute Gasteiger partial charge is 0.479 e. The van der Waals surface area contributed by atoms with Crippen LogP contribution >= 0.6 is 0 Å². The van der Waals surface area contributed by atoms with Gasteiger partial charge in [-0.15, -0.1) is 0 Å². The van der Waals surface area contributed by atoms with Crippen LogP contribution in [0.5, 0.6) is 5.75 Å². The third-order valence-corrected chi connectivity index (χ3v) is 6.47. The van der Waals surface area contributed by atoms with Crippen LogP contribution in [0.3, 0.4) is 0 Å². The highest BCUT2D eigenvalue weighted by Gasteiger charge is 2.41. The number of carbonyl (C=O) groups is 2. The Morgan fingerprint density at radius 3 is 2.24 bits per heavy atom. The highest BCUT2D eigenvalue weighted by atomic mass is 32.2. The lowest BCUT2D eigenvalue weighted by Gasteiger charge is -2.34. The third-order valence-electron chi connectivity index (χ3n) is 4.73. The van der Waals surface area contributed by atoms with E-state index in [-0.39, 0.29) is 27.9 Å². The van der Waals surface area contributed by atoms with Crippen LogP contribution in [0.25, 0.3) is 0 Å². The molecule has 1 aliphatic rings. The minimum Gasteiger partial charge on any atom is -0.479 e. The zero-order valence-electron chi connectivity index (χ0n) is 16.5. The summed E-state index contributed by atoms with van der Waals surface area (Å²) >= 11 is 0. The van der Waals surface area contributed by atoms with E-state index in [1.807, 2.05) is 13.8 Å². The number of carbonyl (C=O) groups excluding carboxylic acids is 1. The quantitative estimate of drug-likeness (QED) is 0.798. The Labute approximate surface area is 169 Å². The smallest absolute Gasteiger partial charge is 0.344 e. The number of nitrogens with zero attached hydrogens (tertiary/aromatic N) is 2. The second-order valence-electron chi connectivity index (χ2n) is 7.09. The summed E-state index contributed by atoms with van der Waals surface area (Å²) in [7, 11) is -2.69. The third kappa shape index (κ3) is 3.65. The van der Waals surface area contributed by atoms with Crippen LogP contribution in [0.4, 0.5) is 16.2 Å². The first-order valence-corrected chi connectivity index (χ1v) is 10.4. The molecule has 0 aliphatic carbocycles. The Bertz CT molecular complexity index is 1060. The molecule has 1 N–H and O–H groups in total. The van der Waals surface area contributed by atoms with Crippen molar-refractivity contribution in [1.29, 1.82) is 0 Å². The summed E-state index contributed by atoms with van der Waals surface area (Å²) in [6, 6.07) is 10.1. The molecule has 154 valence electrons. The summed E-state index contributed by atoms with van der Waals surface area (Å²) in [5, 5.41) is 8.98. The summed E-state index contributed by atoms with van der Waals surface area (Å²) in [6.07, 6.45) is -1.12. The number of hydrogen-bond acceptors (Lipinski definition) is 5. The zero-order chi connectivity index (χ0) is 21.5. The van der Waals surface area contributed by atoms with Crippen molar-refractivity contribution in [2.24, 2.45) is 0 Å². The summed E-state index contributed by atoms with van der Waals surface area (Å²) in [6.45, 7) is 5.40. The highest BCUT2D eigenvalue weighted by Crippen LogP contribution is 2.38. The van der Waals surface area contributed by atoms with Gasteiger partial charge in [0.1, 0.15) is 10.6 Å². The molecule has 0 fully saturated rings. The molecule has 8 nitrogen and oxygen atoms in total. The van der Waals surface area contributed by atoms with Gasteiger partial charge in [-0.3, -0.25) is 4.90 Å². The topological polar surface area (TPSA) is 104 Å². The Morgan fingerprint density at radius 2 is 1.69 bits per heavy atom. The fourth-order valence-electron chi connectivity index (χ4n) is 2.99. The number of anilines is 2. The number of hydrogen-bond donors (Lipinski definition) is 1. The molecule has 0 saturated carbocycles. The van der Waals surface area contributed by atoms with Crippen LogP contribution < -0.4 is 13.9 Å². The van der Waals surface area contributed by atoms with E-state index in [0.717, 1.165) is 9.87 Å². The first-order chi connectivity index (χ1) is 13.5. The normalized spacial score (nSPS) is 16.5. The molecular formula is C20H22N2O6S. The number of sulfonamides is 1. The fourth-order valence-corrected chi connectivity index (χ4v) is 4.61. The maximum absolute atomic E-state index is 13.2. The average molecular weight is 418 g/mol. The van der Waals surface area contributed by atoms with Crippen molar-refractivity contribution in [1.82, 2.24) is 0 Å². The average Bonchev–Trinajstić information content (AvgIpc) is 2.66. The fraction of sp³-hybridized carbons (Fsp3) is 0.300. The van der Waals surface area contributed by atoms with Crippen molar-refractivity contribution in [2.45, 2.75) is 37.7 Å². The number of fused-ring (bicyclic) bond motifs is 1. The van der Waals surface area contributed by atoms with Crippen LogP contribution in [0, 0.1) is 0 Å². The van der Waals surface area contributed by atoms with E-state index >= 15 is 0 Å². The number of amides is 2. The molecule has 0 aromatic heterocycles. The Hall–Kier alpha value is -3.07. The molecule has 0 bridgehead atoms. The van der Waals surface area contributed by atoms with E-state index in [4.69, 9.17) is 9.84 Å². The van der Waals surface area contributed by atoms with Gasteiger partial charge in [-0.25, -0.2) is 18.0 Å². The number of benzene rings is 2. The predicted octanol–water partition coefficient (Wildman–Crippen LogP) is 3.43. The molecule has 0 radical (unpaired) electrons. The molecule has 1 aliphatic heterocycles. The summed E-state index contributed by atoms with van der Waals surface area (Å²) in [5.41, 5.74) is 1.40. The molecule has 29 heavy (non-hydrogen) atoms. The van der Waals surface area contributed by atoms with Gasteiger partial charge in [0, 0.05) is 13.1 Å². The Morgan fingerprint density at radius 1 is 1.07 bits per heavy atom. The van der Waals surface area contributed by atoms with E-state index in [1.54, 1.807) is 24.3 Å². The molecule has 2 amide bonds. The van der Waals surface area contributed by atoms with E-state index in [9.17, 15) is 18.0 Å². The molecule has 0 spiro atoms. The second kappa shape index (κ2) is 7.40. The SMILES string of the molecule is CC(Oc1ccc2c(c1)N(C)C(=O)N(c1ccc(C(C)C)cc1)S2(=O)=O)C(=O)O. The van der Waals surface area contributed by atoms with Gasteiger partial charge in [-0.2, -0.15) is 4.31 Å². The molecule has 2 aromatic carbocycles. The Kier molecular flexibility index (Phi) is 5.27. The van der Waals surface area contributed by atoms with Crippen molar-refractivity contribution >= 4 is 33.4 Å². The molecule has 3 rings (SSSR count). The van der Waals surface area contributed by atoms with Gasteiger partial charge < -0.3 is 9.84 Å². The van der Waals surface area contributed by atoms with Crippen LogP contribution in [0.2, 0.25) is 0 Å². The second-order valence-corrected chi connectivity index (χ2v) is 8.84. The number of rotatable bonds is 5. The lowest BCUT2D eigenvalue weighted by Crippen LogP contribution is -2.49. The number of ether oxygens (including phenoxy) is 1. The molecule has 2 aromatic rings. The van der Waals surface area contributed by atoms with E-state index in [2.05, 4.69) is 0 Å². The first-order valence-electron chi connectivity index (χ1n) is 9.00. The zero-order valence-corrected chi connectivity index (χ0v) is 17.3. The van der Waals surface area contributed by atoms with Gasteiger partial charge >= 0.3 is 12.0 Å². The number of carboxylic acid groups (broad SMARTS) is 1. The Balaban J connectivity index is 2.04. The first kappa shape index (κ1) is 20.7. The molecule has 0 saturated heterocycles. The minimum atomic E-state index is -4.14. The standard InChI is InChI=1S/C20H22N2O6S/c1-12(2)14-5-7-15(8-6-14)22-20(25)21(4)17-11-16(28-13(3)19(23)24)9-10-18(17)29(22,26)27/h5-13H,1-4H3,(H,23,24). The van der Waals surface area contributed by atoms with Crippen LogP contribution in [0.15, 0.2) is 47.4 Å². The van der Waals surface area contributed by atoms with Crippen LogP contribution in [0.1, 0.15) is 32.3 Å². The van der Waals surface area contributed by atoms with Crippen molar-refractivity contribution in [3.8, 4) is 5.75 Å². The lowest BCUT2D eigenvalue weighted by molar-refractivity contribution is -0.144. The molecule has 1 heterocycles. The van der Waals surface area contributed by atoms with Crippen molar-refractivity contribution in [2.75, 3.05) is 16.3 Å². The summed E-state index contributed by atoms with van der Waals surface area (Å²) in [4.78, 5) is 25.0. The van der Waals surface area contributed by atoms with E-state index in [0.29, 0.717) is 0 Å². The van der Waals surface area contributed by atoms with Crippen molar-refractivity contribution in [3.05, 3.63) is 48.0 Å². The monoisotopic (exact) mass is 418 g/mol. The molecule has 9 heteroatoms. The maximum atomic E-state index is 13.2. The van der Waals surface area contributed by atoms with Gasteiger partial charge in [0.05, 0.1) is 11.4 Å². The number of urea groups is 1. The molecule has 1 unspecified atom stereocenters. The maximum Gasteiger partial charge on any atom is 0.344 e. The van der Waals surface area contributed by atoms with Gasteiger partial charge in [0.25, 0.3) is 10.0 Å². The van der Waals surface area contributed by atoms with Crippen molar-refractivity contribution in [3.63, 3.8) is 0 Å². The molecular weight excluding hydrogens is 396 g/mol. The van der Waals surface area contributed by atoms with Gasteiger partial charge in [0.2, 0.25) is 0 Å². The predicted molar refractivity (Wildman–Crippen MR) is 108 cm³/mol. The van der Waals surface area contributed by atoms with Crippen LogP contribution in [-0.4, -0.2) is 38.7 Å². The highest BCUT2D eigenvalue weighted by molar-refractivity contribution is 7.94. The summed E-state index contributed by atoms with van der Waals surface area (Å²) < 4.78 is 32.4. The summed E-state index contributed by atoms with van der Waals surface area (Å²) in [5.74, 6) is -0.730.